The van der Waals surface area contributed by atoms with E-state index in [2.05, 4.69) is 28.8 Å². The van der Waals surface area contributed by atoms with Gasteiger partial charge in [0.15, 0.2) is 0 Å². The van der Waals surface area contributed by atoms with Gasteiger partial charge in [0, 0.05) is 11.0 Å². The van der Waals surface area contributed by atoms with E-state index in [4.69, 9.17) is 10.6 Å². The molecule has 13 heavy (non-hydrogen) atoms. The third-order valence-electron chi connectivity index (χ3n) is 2.12. The Balaban J connectivity index is 3.77. The first-order valence-corrected chi connectivity index (χ1v) is 4.47. The molecule has 0 spiro atoms. The first-order valence-electron chi connectivity index (χ1n) is 4.47. The van der Waals surface area contributed by atoms with Crippen molar-refractivity contribution in [1.82, 2.24) is 4.90 Å². The first kappa shape index (κ1) is 12.2. The molecule has 0 aliphatic rings. The largest absolute Gasteiger partial charge is 0.396 e. The lowest BCUT2D eigenvalue weighted by molar-refractivity contribution is 0.223. The van der Waals surface area contributed by atoms with Crippen LogP contribution in [0.15, 0.2) is 5.11 Å². The summed E-state index contributed by atoms with van der Waals surface area (Å²) in [6.07, 6.45) is 0.704. The van der Waals surface area contributed by atoms with Crippen LogP contribution in [-0.2, 0) is 0 Å². The molecule has 0 aromatic carbocycles. The molecule has 5 heteroatoms. The van der Waals surface area contributed by atoms with Crippen molar-refractivity contribution in [3.8, 4) is 0 Å². The van der Waals surface area contributed by atoms with E-state index >= 15 is 0 Å². The Kier molecular flexibility index (Phi) is 6.32. The van der Waals surface area contributed by atoms with Gasteiger partial charge in [0.05, 0.1) is 12.6 Å². The summed E-state index contributed by atoms with van der Waals surface area (Å²) in [6, 6.07) is 0.191. The van der Waals surface area contributed by atoms with Crippen LogP contribution in [0.1, 0.15) is 20.3 Å². The topological polar surface area (TPSA) is 72.2 Å². The maximum Gasteiger partial charge on any atom is 0.0617 e. The van der Waals surface area contributed by atoms with Gasteiger partial charge in [-0.15, -0.1) is 0 Å². The van der Waals surface area contributed by atoms with E-state index in [9.17, 15) is 0 Å². The summed E-state index contributed by atoms with van der Waals surface area (Å²) in [5, 5.41) is 12.3. The Hall–Kier alpha value is -0.770. The van der Waals surface area contributed by atoms with Crippen LogP contribution in [0.3, 0.4) is 0 Å². The molecule has 0 aromatic heterocycles. The second-order valence-corrected chi connectivity index (χ2v) is 3.40. The normalized spacial score (nSPS) is 13.1. The molecule has 0 fully saturated rings. The van der Waals surface area contributed by atoms with Crippen LogP contribution in [0, 0.1) is 0 Å². The molecular formula is C8H18N4O. The predicted octanol–water partition coefficient (Wildman–Crippen LogP) is 1.39. The van der Waals surface area contributed by atoms with Gasteiger partial charge in [0.25, 0.3) is 0 Å². The molecule has 0 amide bonds. The highest BCUT2D eigenvalue weighted by Crippen LogP contribution is 2.01. The number of aliphatic hydroxyl groups excluding tert-OH is 1. The van der Waals surface area contributed by atoms with E-state index in [0.29, 0.717) is 12.5 Å². The number of rotatable bonds is 6. The van der Waals surface area contributed by atoms with Crippen LogP contribution in [0.25, 0.3) is 10.4 Å². The summed E-state index contributed by atoms with van der Waals surface area (Å²) in [5.74, 6) is 0. The molecule has 0 saturated heterocycles. The molecule has 76 valence electrons. The van der Waals surface area contributed by atoms with Crippen molar-refractivity contribution in [2.45, 2.75) is 32.4 Å². The van der Waals surface area contributed by atoms with Gasteiger partial charge < -0.3 is 10.0 Å². The van der Waals surface area contributed by atoms with E-state index < -0.39 is 0 Å². The van der Waals surface area contributed by atoms with Gasteiger partial charge in [-0.1, -0.05) is 5.11 Å². The van der Waals surface area contributed by atoms with Gasteiger partial charge >= 0.3 is 0 Å². The molecule has 0 bridgehead atoms. The maximum atomic E-state index is 8.83. The molecule has 0 aromatic rings. The van der Waals surface area contributed by atoms with Crippen molar-refractivity contribution < 1.29 is 5.11 Å². The maximum absolute atomic E-state index is 8.83. The fourth-order valence-corrected chi connectivity index (χ4v) is 0.869. The van der Waals surface area contributed by atoms with Crippen LogP contribution in [-0.4, -0.2) is 42.3 Å². The molecule has 1 atom stereocenters. The SMILES string of the molecule is CC(C)N(C)CCC(CO)N=[N+]=[N-]. The van der Waals surface area contributed by atoms with Crippen molar-refractivity contribution in [3.05, 3.63) is 10.4 Å². The molecule has 1 N–H and O–H groups in total. The van der Waals surface area contributed by atoms with Crippen molar-refractivity contribution in [2.75, 3.05) is 20.2 Å². The van der Waals surface area contributed by atoms with Crippen LogP contribution >= 0.6 is 0 Å². The molecule has 0 aliphatic heterocycles. The van der Waals surface area contributed by atoms with Gasteiger partial charge in [-0.25, -0.2) is 0 Å². The number of hydrogen-bond donors (Lipinski definition) is 1. The fraction of sp³-hybridized carbons (Fsp3) is 1.00. The van der Waals surface area contributed by atoms with E-state index in [1.165, 1.54) is 0 Å². The zero-order chi connectivity index (χ0) is 10.3. The summed E-state index contributed by atoms with van der Waals surface area (Å²) in [6.45, 7) is 4.96. The second kappa shape index (κ2) is 6.71. The first-order chi connectivity index (χ1) is 6.11. The van der Waals surface area contributed by atoms with Crippen LogP contribution in [0.4, 0.5) is 0 Å². The average Bonchev–Trinajstić information content (AvgIpc) is 2.11. The molecule has 0 radical (unpaired) electrons. The van der Waals surface area contributed by atoms with Gasteiger partial charge in [-0.05, 0) is 39.4 Å². The zero-order valence-electron chi connectivity index (χ0n) is 8.51. The number of azide groups is 1. The van der Waals surface area contributed by atoms with Crippen molar-refractivity contribution in [3.63, 3.8) is 0 Å². The molecule has 0 heterocycles. The van der Waals surface area contributed by atoms with Crippen molar-refractivity contribution in [2.24, 2.45) is 5.11 Å². The summed E-state index contributed by atoms with van der Waals surface area (Å²) in [4.78, 5) is 4.82. The molecule has 0 saturated carbocycles. The molecule has 0 rings (SSSR count). The minimum Gasteiger partial charge on any atom is -0.396 e. The number of nitrogens with zero attached hydrogens (tertiary/aromatic N) is 4. The van der Waals surface area contributed by atoms with Gasteiger partial charge in [-0.3, -0.25) is 0 Å². The lowest BCUT2D eigenvalue weighted by atomic mass is 10.2. The third-order valence-corrected chi connectivity index (χ3v) is 2.12. The average molecular weight is 186 g/mol. The minimum atomic E-state index is -0.286. The Bertz CT molecular complexity index is 177. The van der Waals surface area contributed by atoms with Crippen LogP contribution in [0.5, 0.6) is 0 Å². The highest BCUT2D eigenvalue weighted by atomic mass is 16.3. The Morgan fingerprint density at radius 2 is 2.15 bits per heavy atom. The van der Waals surface area contributed by atoms with E-state index in [1.54, 1.807) is 0 Å². The van der Waals surface area contributed by atoms with Gasteiger partial charge in [0.1, 0.15) is 0 Å². The summed E-state index contributed by atoms with van der Waals surface area (Å²) in [5.41, 5.74) is 8.18. The summed E-state index contributed by atoms with van der Waals surface area (Å²) >= 11 is 0. The van der Waals surface area contributed by atoms with E-state index in [1.807, 2.05) is 7.05 Å². The smallest absolute Gasteiger partial charge is 0.0617 e. The third kappa shape index (κ3) is 5.47. The Morgan fingerprint density at radius 3 is 2.54 bits per heavy atom. The van der Waals surface area contributed by atoms with Gasteiger partial charge in [0.2, 0.25) is 0 Å². The van der Waals surface area contributed by atoms with E-state index in [-0.39, 0.29) is 12.6 Å². The minimum absolute atomic E-state index is 0.0734. The predicted molar refractivity (Wildman–Crippen MR) is 52.4 cm³/mol. The molecular weight excluding hydrogens is 168 g/mol. The Morgan fingerprint density at radius 1 is 1.54 bits per heavy atom. The van der Waals surface area contributed by atoms with Crippen molar-refractivity contribution >= 4 is 0 Å². The number of aliphatic hydroxyl groups is 1. The second-order valence-electron chi connectivity index (χ2n) is 3.40. The van der Waals surface area contributed by atoms with E-state index in [0.717, 1.165) is 6.54 Å². The fourth-order valence-electron chi connectivity index (χ4n) is 0.869. The lowest BCUT2D eigenvalue weighted by Gasteiger charge is -2.21. The summed E-state index contributed by atoms with van der Waals surface area (Å²) < 4.78 is 0. The van der Waals surface area contributed by atoms with Crippen LogP contribution < -0.4 is 0 Å². The highest BCUT2D eigenvalue weighted by molar-refractivity contribution is 4.68. The van der Waals surface area contributed by atoms with Gasteiger partial charge in [-0.2, -0.15) is 0 Å². The highest BCUT2D eigenvalue weighted by Gasteiger charge is 2.08. The monoisotopic (exact) mass is 186 g/mol. The number of hydrogen-bond acceptors (Lipinski definition) is 3. The lowest BCUT2D eigenvalue weighted by Crippen LogP contribution is -2.29. The molecule has 5 nitrogen and oxygen atoms in total. The standard InChI is InChI=1S/C8H18N4O/c1-7(2)12(3)5-4-8(6-13)10-11-9/h7-8,13H,4-6H2,1-3H3. The zero-order valence-corrected chi connectivity index (χ0v) is 8.51. The summed E-state index contributed by atoms with van der Waals surface area (Å²) in [7, 11) is 2.01. The quantitative estimate of drug-likeness (QED) is 0.387. The Labute approximate surface area is 79.0 Å². The van der Waals surface area contributed by atoms with Crippen LogP contribution in [0.2, 0.25) is 0 Å². The molecule has 1 unspecified atom stereocenters. The molecule has 0 aliphatic carbocycles. The van der Waals surface area contributed by atoms with Crippen molar-refractivity contribution in [1.29, 1.82) is 0 Å².